The molecule has 0 saturated heterocycles. The molecule has 0 spiro atoms. The zero-order valence-electron chi connectivity index (χ0n) is 10.0. The summed E-state index contributed by atoms with van der Waals surface area (Å²) >= 11 is 0. The van der Waals surface area contributed by atoms with Crippen molar-refractivity contribution >= 4 is 16.0 Å². The number of amides is 1. The molecule has 0 aliphatic rings. The molecule has 0 atom stereocenters. The van der Waals surface area contributed by atoms with E-state index in [0.717, 1.165) is 5.41 Å². The minimum absolute atomic E-state index is 0.390. The summed E-state index contributed by atoms with van der Waals surface area (Å²) in [6.07, 6.45) is 1.74. The highest BCUT2D eigenvalue weighted by Crippen LogP contribution is 2.34. The topological polar surface area (TPSA) is 97.5 Å². The van der Waals surface area contributed by atoms with Crippen molar-refractivity contribution in [2.45, 2.75) is 34.1 Å². The lowest BCUT2D eigenvalue weighted by Gasteiger charge is -2.30. The van der Waals surface area contributed by atoms with Crippen molar-refractivity contribution in [3.63, 3.8) is 0 Å². The molecule has 0 aliphatic carbocycles. The number of hydrogen-bond acceptors (Lipinski definition) is 3. The molecule has 0 saturated carbocycles. The molecule has 6 heteroatoms. The minimum Gasteiger partial charge on any atom is -0.369 e. The van der Waals surface area contributed by atoms with Crippen LogP contribution in [-0.4, -0.2) is 18.9 Å². The van der Waals surface area contributed by atoms with E-state index < -0.39 is 26.9 Å². The fourth-order valence-electron chi connectivity index (χ4n) is 1.56. The average molecular weight is 249 g/mol. The number of nitrogens with two attached hydrogens (primary N) is 1. The second-order valence-electron chi connectivity index (χ2n) is 5.23. The quantitative estimate of drug-likeness (QED) is 0.718. The maximum Gasteiger partial charge on any atom is 0.287 e. The highest BCUT2D eigenvalue weighted by molar-refractivity contribution is 7.88. The van der Waals surface area contributed by atoms with E-state index in [4.69, 9.17) is 10.3 Å². The molecule has 0 fully saturated rings. The van der Waals surface area contributed by atoms with Crippen molar-refractivity contribution in [1.82, 2.24) is 0 Å². The molecule has 0 aromatic rings. The summed E-state index contributed by atoms with van der Waals surface area (Å²) < 4.78 is 29.7. The Morgan fingerprint density at radius 1 is 1.31 bits per heavy atom. The molecule has 1 amide bonds. The minimum atomic E-state index is -4.13. The lowest BCUT2D eigenvalue weighted by Crippen LogP contribution is -2.35. The summed E-state index contributed by atoms with van der Waals surface area (Å²) in [5, 5.41) is 0.726. The van der Waals surface area contributed by atoms with Gasteiger partial charge in [0.1, 0.15) is 0 Å². The molecule has 0 radical (unpaired) electrons. The van der Waals surface area contributed by atoms with E-state index in [2.05, 4.69) is 0 Å². The van der Waals surface area contributed by atoms with Crippen LogP contribution >= 0.6 is 0 Å². The molecular formula is C10H19NO4S. The van der Waals surface area contributed by atoms with Crippen LogP contribution in [0.3, 0.4) is 0 Å². The third-order valence-electron chi connectivity index (χ3n) is 2.26. The first-order valence-electron chi connectivity index (χ1n) is 4.82. The summed E-state index contributed by atoms with van der Waals surface area (Å²) in [4.78, 5) is 11.1. The highest BCUT2D eigenvalue weighted by atomic mass is 32.2. The van der Waals surface area contributed by atoms with E-state index >= 15 is 0 Å². The number of primary amides is 1. The maximum absolute atomic E-state index is 11.1. The molecule has 0 rings (SSSR count). The Morgan fingerprint density at radius 2 is 1.75 bits per heavy atom. The third kappa shape index (κ3) is 5.87. The van der Waals surface area contributed by atoms with Gasteiger partial charge in [0.05, 0.1) is 5.41 Å². The van der Waals surface area contributed by atoms with E-state index in [1.165, 1.54) is 6.08 Å². The molecule has 0 aliphatic heterocycles. The average Bonchev–Trinajstić information content (AvgIpc) is 1.97. The van der Waals surface area contributed by atoms with Gasteiger partial charge in [0.2, 0.25) is 5.91 Å². The Morgan fingerprint density at radius 3 is 2.06 bits per heavy atom. The number of rotatable bonds is 5. The van der Waals surface area contributed by atoms with Crippen molar-refractivity contribution in [2.24, 2.45) is 16.6 Å². The molecule has 0 unspecified atom stereocenters. The second kappa shape index (κ2) is 4.55. The van der Waals surface area contributed by atoms with E-state index in [1.807, 2.05) is 0 Å². The van der Waals surface area contributed by atoms with E-state index in [-0.39, 0.29) is 0 Å². The molecule has 16 heavy (non-hydrogen) atoms. The standard InChI is InChI=1S/C10H19NO4S/c1-9(2,5-6-16(13,14)15)7-10(3,4)8(11)12/h5-6H,7H2,1-4H3,(H2,11,12)(H,13,14,15). The second-order valence-corrected chi connectivity index (χ2v) is 6.53. The predicted octanol–water partition coefficient (Wildman–Crippen LogP) is 1.32. The summed E-state index contributed by atoms with van der Waals surface area (Å²) in [5.74, 6) is -0.444. The van der Waals surface area contributed by atoms with Crippen molar-refractivity contribution < 1.29 is 17.8 Å². The van der Waals surface area contributed by atoms with Gasteiger partial charge in [0.25, 0.3) is 10.1 Å². The van der Waals surface area contributed by atoms with Crippen molar-refractivity contribution in [3.8, 4) is 0 Å². The fourth-order valence-corrected chi connectivity index (χ4v) is 2.10. The van der Waals surface area contributed by atoms with Crippen LogP contribution in [0.2, 0.25) is 0 Å². The Bertz CT molecular complexity index is 393. The fraction of sp³-hybridized carbons (Fsp3) is 0.700. The van der Waals surface area contributed by atoms with Crippen molar-refractivity contribution in [1.29, 1.82) is 0 Å². The summed E-state index contributed by atoms with van der Waals surface area (Å²) in [7, 11) is -4.13. The van der Waals surface area contributed by atoms with Crippen molar-refractivity contribution in [2.75, 3.05) is 0 Å². The van der Waals surface area contributed by atoms with Gasteiger partial charge in [-0.25, -0.2) is 0 Å². The van der Waals surface area contributed by atoms with Gasteiger partial charge in [-0.2, -0.15) is 8.42 Å². The maximum atomic E-state index is 11.1. The van der Waals surface area contributed by atoms with E-state index in [9.17, 15) is 13.2 Å². The smallest absolute Gasteiger partial charge is 0.287 e. The Hall–Kier alpha value is -0.880. The Balaban J connectivity index is 4.84. The molecule has 0 aromatic heterocycles. The van der Waals surface area contributed by atoms with Gasteiger partial charge in [-0.3, -0.25) is 9.35 Å². The zero-order chi connectivity index (χ0) is 13.2. The van der Waals surface area contributed by atoms with Gasteiger partial charge in [0.15, 0.2) is 0 Å². The van der Waals surface area contributed by atoms with Crippen molar-refractivity contribution in [3.05, 3.63) is 11.5 Å². The Kier molecular flexibility index (Phi) is 4.30. The molecule has 3 N–H and O–H groups in total. The molecule has 94 valence electrons. The first-order valence-corrected chi connectivity index (χ1v) is 6.33. The molecule has 0 heterocycles. The van der Waals surface area contributed by atoms with Crippen LogP contribution in [0.5, 0.6) is 0 Å². The number of allylic oxidation sites excluding steroid dienone is 1. The van der Waals surface area contributed by atoms with Gasteiger partial charge < -0.3 is 5.73 Å². The van der Waals surface area contributed by atoms with Crippen LogP contribution in [0.1, 0.15) is 34.1 Å². The van der Waals surface area contributed by atoms with Gasteiger partial charge in [0, 0.05) is 5.41 Å². The lowest BCUT2D eigenvalue weighted by molar-refractivity contribution is -0.127. The first-order chi connectivity index (χ1) is 6.86. The lowest BCUT2D eigenvalue weighted by atomic mass is 9.75. The third-order valence-corrected chi connectivity index (χ3v) is 2.74. The Labute approximate surface area is 96.5 Å². The van der Waals surface area contributed by atoms with Gasteiger partial charge in [-0.1, -0.05) is 33.8 Å². The summed E-state index contributed by atoms with van der Waals surface area (Å²) in [6, 6.07) is 0. The summed E-state index contributed by atoms with van der Waals surface area (Å²) in [6.45, 7) is 6.91. The van der Waals surface area contributed by atoms with Gasteiger partial charge in [-0.15, -0.1) is 0 Å². The normalized spacial score (nSPS) is 14.3. The monoisotopic (exact) mass is 249 g/mol. The van der Waals surface area contributed by atoms with Crippen LogP contribution in [0.25, 0.3) is 0 Å². The van der Waals surface area contributed by atoms with Crippen LogP contribution in [0, 0.1) is 10.8 Å². The van der Waals surface area contributed by atoms with E-state index in [0.29, 0.717) is 6.42 Å². The largest absolute Gasteiger partial charge is 0.369 e. The summed E-state index contributed by atoms with van der Waals surface area (Å²) in [5.41, 5.74) is 3.95. The molecule has 5 nitrogen and oxygen atoms in total. The first kappa shape index (κ1) is 15.1. The molecule has 0 aromatic carbocycles. The van der Waals surface area contributed by atoms with Crippen LogP contribution < -0.4 is 5.73 Å². The molecule has 0 bridgehead atoms. The van der Waals surface area contributed by atoms with Crippen LogP contribution in [0.15, 0.2) is 11.5 Å². The van der Waals surface area contributed by atoms with E-state index in [1.54, 1.807) is 27.7 Å². The SMILES string of the molecule is CC(C)(C=CS(=O)(=O)O)CC(C)(C)C(N)=O. The van der Waals surface area contributed by atoms with Gasteiger partial charge in [-0.05, 0) is 11.8 Å². The molecular weight excluding hydrogens is 230 g/mol. The number of carbonyl (C=O) groups excluding carboxylic acids is 1. The highest BCUT2D eigenvalue weighted by Gasteiger charge is 2.31. The number of hydrogen-bond donors (Lipinski definition) is 2. The van der Waals surface area contributed by atoms with Gasteiger partial charge >= 0.3 is 0 Å². The number of carbonyl (C=O) groups is 1. The van der Waals surface area contributed by atoms with Crippen LogP contribution in [0.4, 0.5) is 0 Å². The zero-order valence-corrected chi connectivity index (χ0v) is 10.8. The van der Waals surface area contributed by atoms with Crippen LogP contribution in [-0.2, 0) is 14.9 Å². The predicted molar refractivity (Wildman–Crippen MR) is 62.1 cm³/mol.